The number of anilines is 2. The number of alkyl halides is 3. The summed E-state index contributed by atoms with van der Waals surface area (Å²) in [7, 11) is 0. The van der Waals surface area contributed by atoms with Gasteiger partial charge in [-0.1, -0.05) is 57.4 Å². The Labute approximate surface area is 205 Å². The van der Waals surface area contributed by atoms with Crippen LogP contribution >= 0.6 is 0 Å². The van der Waals surface area contributed by atoms with Crippen molar-refractivity contribution in [3.63, 3.8) is 0 Å². The molecule has 0 spiro atoms. The molecule has 1 aliphatic rings. The van der Waals surface area contributed by atoms with Crippen LogP contribution in [-0.2, 0) is 21.4 Å². The molecule has 35 heavy (non-hydrogen) atoms. The summed E-state index contributed by atoms with van der Waals surface area (Å²) in [4.78, 5) is 25.9. The van der Waals surface area contributed by atoms with E-state index in [0.717, 1.165) is 18.4 Å². The zero-order chi connectivity index (χ0) is 26.0. The number of rotatable bonds is 7. The molecule has 0 saturated carbocycles. The third kappa shape index (κ3) is 5.71. The van der Waals surface area contributed by atoms with Crippen LogP contribution in [0.3, 0.4) is 0 Å². The molecule has 0 bridgehead atoms. The van der Waals surface area contributed by atoms with Gasteiger partial charge in [0, 0.05) is 29.3 Å². The van der Waals surface area contributed by atoms with E-state index >= 15 is 0 Å². The smallest absolute Gasteiger partial charge is 0.318 e. The summed E-state index contributed by atoms with van der Waals surface area (Å²) < 4.78 is 38.6. The first-order chi connectivity index (χ1) is 16.3. The Balaban J connectivity index is 2.04. The van der Waals surface area contributed by atoms with Gasteiger partial charge in [0.25, 0.3) is 0 Å². The van der Waals surface area contributed by atoms with Crippen LogP contribution in [-0.4, -0.2) is 23.5 Å². The highest BCUT2D eigenvalue weighted by atomic mass is 19.4. The number of hydrogen-bond acceptors (Lipinski definition) is 2. The number of amides is 2. The molecule has 1 heterocycles. The molecule has 190 valence electrons. The van der Waals surface area contributed by atoms with Gasteiger partial charge in [0.05, 0.1) is 0 Å². The van der Waals surface area contributed by atoms with Crippen LogP contribution in [0.25, 0.3) is 0 Å². The second kappa shape index (κ2) is 10.0. The van der Waals surface area contributed by atoms with Crippen molar-refractivity contribution in [3.05, 3.63) is 59.2 Å². The summed E-state index contributed by atoms with van der Waals surface area (Å²) in [6.07, 6.45) is 1.33. The van der Waals surface area contributed by atoms with Crippen molar-refractivity contribution >= 4 is 23.2 Å². The molecule has 2 aromatic carbocycles. The molecule has 1 unspecified atom stereocenters. The zero-order valence-electron chi connectivity index (χ0n) is 21.2. The van der Waals surface area contributed by atoms with Gasteiger partial charge >= 0.3 is 12.1 Å². The standard InChI is InChI=1S/C28H35F3N2O2/c1-6-7-8-9-10-20-11-13-21(14-12-20)27(5)18-26(3,4)33(19(2)34)24-16-15-22(17-23(24)27)32-25(35)28(29,30)31/h11-17H,6-10,18H2,1-5H3,(H,32,35). The van der Waals surface area contributed by atoms with Gasteiger partial charge in [-0.25, -0.2) is 0 Å². The normalized spacial score (nSPS) is 19.3. The minimum atomic E-state index is -4.99. The van der Waals surface area contributed by atoms with Gasteiger partial charge in [0.1, 0.15) is 0 Å². The van der Waals surface area contributed by atoms with E-state index in [0.29, 0.717) is 17.7 Å². The topological polar surface area (TPSA) is 49.4 Å². The lowest BCUT2D eigenvalue weighted by Gasteiger charge is -2.51. The van der Waals surface area contributed by atoms with Crippen LogP contribution in [0.2, 0.25) is 0 Å². The van der Waals surface area contributed by atoms with Crippen LogP contribution < -0.4 is 10.2 Å². The van der Waals surface area contributed by atoms with Gasteiger partial charge in [-0.05, 0) is 68.0 Å². The fraction of sp³-hybridized carbons (Fsp3) is 0.500. The zero-order valence-corrected chi connectivity index (χ0v) is 21.2. The molecule has 2 amide bonds. The maximum atomic E-state index is 12.9. The monoisotopic (exact) mass is 488 g/mol. The van der Waals surface area contributed by atoms with Crippen LogP contribution in [0.1, 0.15) is 83.4 Å². The Morgan fingerprint density at radius 2 is 1.66 bits per heavy atom. The molecule has 0 fully saturated rings. The summed E-state index contributed by atoms with van der Waals surface area (Å²) in [6.45, 7) is 9.72. The lowest BCUT2D eigenvalue weighted by Crippen LogP contribution is -2.55. The number of carbonyl (C=O) groups is 2. The quantitative estimate of drug-likeness (QED) is 0.421. The summed E-state index contributed by atoms with van der Waals surface area (Å²) in [6, 6.07) is 13.0. The summed E-state index contributed by atoms with van der Waals surface area (Å²) >= 11 is 0. The number of unbranched alkanes of at least 4 members (excludes halogenated alkanes) is 3. The van der Waals surface area contributed by atoms with E-state index in [9.17, 15) is 22.8 Å². The Bertz CT molecular complexity index is 1080. The minimum absolute atomic E-state index is 0.0491. The van der Waals surface area contributed by atoms with Gasteiger partial charge in [0.15, 0.2) is 0 Å². The lowest BCUT2D eigenvalue weighted by atomic mass is 9.65. The summed E-state index contributed by atoms with van der Waals surface area (Å²) in [5, 5.41) is 1.96. The van der Waals surface area contributed by atoms with Crippen molar-refractivity contribution in [3.8, 4) is 0 Å². The molecular weight excluding hydrogens is 453 g/mol. The molecule has 0 aromatic heterocycles. The average molecular weight is 489 g/mol. The molecular formula is C28H35F3N2O2. The number of carbonyl (C=O) groups excluding carboxylic acids is 2. The van der Waals surface area contributed by atoms with E-state index in [-0.39, 0.29) is 11.6 Å². The molecule has 0 aliphatic carbocycles. The number of fused-ring (bicyclic) bond motifs is 1. The predicted molar refractivity (Wildman–Crippen MR) is 134 cm³/mol. The maximum absolute atomic E-state index is 12.9. The second-order valence-electron chi connectivity index (χ2n) is 10.4. The molecule has 3 rings (SSSR count). The fourth-order valence-corrected chi connectivity index (χ4v) is 5.47. The number of benzene rings is 2. The van der Waals surface area contributed by atoms with Gasteiger partial charge in [0.2, 0.25) is 5.91 Å². The van der Waals surface area contributed by atoms with E-state index in [4.69, 9.17) is 0 Å². The highest BCUT2D eigenvalue weighted by Gasteiger charge is 2.47. The SMILES string of the molecule is CCCCCCc1ccc(C2(C)CC(C)(C)N(C(C)=O)c3ccc(NC(=O)C(F)(F)F)cc32)cc1. The summed E-state index contributed by atoms with van der Waals surface area (Å²) in [5.41, 5.74) is 2.57. The minimum Gasteiger partial charge on any atom is -0.318 e. The molecule has 0 saturated heterocycles. The van der Waals surface area contributed by atoms with Gasteiger partial charge in [-0.15, -0.1) is 0 Å². The van der Waals surface area contributed by atoms with Crippen LogP contribution in [0.5, 0.6) is 0 Å². The third-order valence-corrected chi connectivity index (χ3v) is 6.96. The molecule has 2 aromatic rings. The number of hydrogen-bond donors (Lipinski definition) is 1. The fourth-order valence-electron chi connectivity index (χ4n) is 5.47. The molecule has 1 N–H and O–H groups in total. The number of nitrogens with one attached hydrogen (secondary N) is 1. The first-order valence-corrected chi connectivity index (χ1v) is 12.2. The third-order valence-electron chi connectivity index (χ3n) is 6.96. The predicted octanol–water partition coefficient (Wildman–Crippen LogP) is 7.15. The Kier molecular flexibility index (Phi) is 7.68. The van der Waals surface area contributed by atoms with Gasteiger partial charge < -0.3 is 10.2 Å². The maximum Gasteiger partial charge on any atom is 0.471 e. The van der Waals surface area contributed by atoms with Crippen molar-refractivity contribution < 1.29 is 22.8 Å². The Morgan fingerprint density at radius 1 is 1.00 bits per heavy atom. The Hall–Kier alpha value is -2.83. The van der Waals surface area contributed by atoms with Crippen molar-refractivity contribution in [1.29, 1.82) is 0 Å². The van der Waals surface area contributed by atoms with E-state index in [2.05, 4.69) is 38.1 Å². The average Bonchev–Trinajstić information content (AvgIpc) is 2.76. The molecule has 1 atom stereocenters. The van der Waals surface area contributed by atoms with E-state index in [1.807, 2.05) is 19.2 Å². The van der Waals surface area contributed by atoms with Gasteiger partial charge in [-0.2, -0.15) is 13.2 Å². The number of halogens is 3. The largest absolute Gasteiger partial charge is 0.471 e. The van der Waals surface area contributed by atoms with E-state index < -0.39 is 23.0 Å². The summed E-state index contributed by atoms with van der Waals surface area (Å²) in [5.74, 6) is -2.17. The molecule has 1 aliphatic heterocycles. The highest BCUT2D eigenvalue weighted by molar-refractivity contribution is 5.98. The second-order valence-corrected chi connectivity index (χ2v) is 10.4. The van der Waals surface area contributed by atoms with Crippen molar-refractivity contribution in [2.75, 3.05) is 10.2 Å². The highest BCUT2D eigenvalue weighted by Crippen LogP contribution is 2.51. The van der Waals surface area contributed by atoms with Crippen LogP contribution in [0, 0.1) is 0 Å². The number of aryl methyl sites for hydroxylation is 1. The van der Waals surface area contributed by atoms with Crippen molar-refractivity contribution in [2.45, 2.75) is 90.3 Å². The van der Waals surface area contributed by atoms with Gasteiger partial charge in [-0.3, -0.25) is 9.59 Å². The first-order valence-electron chi connectivity index (χ1n) is 12.2. The lowest BCUT2D eigenvalue weighted by molar-refractivity contribution is -0.167. The molecule has 4 nitrogen and oxygen atoms in total. The van der Waals surface area contributed by atoms with Crippen LogP contribution in [0.4, 0.5) is 24.5 Å². The van der Waals surface area contributed by atoms with Crippen molar-refractivity contribution in [1.82, 2.24) is 0 Å². The molecule has 7 heteroatoms. The van der Waals surface area contributed by atoms with Crippen molar-refractivity contribution in [2.24, 2.45) is 0 Å². The van der Waals surface area contributed by atoms with Crippen LogP contribution in [0.15, 0.2) is 42.5 Å². The molecule has 0 radical (unpaired) electrons. The van der Waals surface area contributed by atoms with E-state index in [1.54, 1.807) is 17.0 Å². The Morgan fingerprint density at radius 3 is 2.23 bits per heavy atom. The van der Waals surface area contributed by atoms with E-state index in [1.165, 1.54) is 37.8 Å². The first kappa shape index (κ1) is 26.8. The number of nitrogens with zero attached hydrogens (tertiary/aromatic N) is 1.